The Morgan fingerprint density at radius 1 is 1.90 bits per heavy atom. The van der Waals surface area contributed by atoms with Gasteiger partial charge in [-0.3, -0.25) is 0 Å². The van der Waals surface area contributed by atoms with E-state index in [1.54, 1.807) is 13.1 Å². The SMILES string of the molecule is C[C@@H](C=O)Nc1ccns1. The van der Waals surface area contributed by atoms with Crippen molar-refractivity contribution in [2.24, 2.45) is 0 Å². The third kappa shape index (κ3) is 1.80. The second-order valence-electron chi connectivity index (χ2n) is 1.95. The number of aromatic nitrogens is 1. The quantitative estimate of drug-likeness (QED) is 0.667. The van der Waals surface area contributed by atoms with Crippen LogP contribution in [0.2, 0.25) is 0 Å². The van der Waals surface area contributed by atoms with E-state index in [1.807, 2.05) is 6.07 Å². The second kappa shape index (κ2) is 3.31. The van der Waals surface area contributed by atoms with Gasteiger partial charge in [-0.05, 0) is 24.5 Å². The molecular formula is C6H8N2OS. The number of carbonyl (C=O) groups excluding carboxylic acids is 1. The molecule has 0 fully saturated rings. The molecule has 0 aliphatic carbocycles. The van der Waals surface area contributed by atoms with Crippen LogP contribution in [0.15, 0.2) is 12.3 Å². The summed E-state index contributed by atoms with van der Waals surface area (Å²) in [4.78, 5) is 10.2. The first kappa shape index (κ1) is 7.21. The van der Waals surface area contributed by atoms with Gasteiger partial charge in [0.05, 0.1) is 6.04 Å². The maximum atomic E-state index is 10.2. The van der Waals surface area contributed by atoms with Crippen LogP contribution in [0.3, 0.4) is 0 Å². The van der Waals surface area contributed by atoms with Gasteiger partial charge in [0.25, 0.3) is 0 Å². The number of aldehydes is 1. The monoisotopic (exact) mass is 156 g/mol. The minimum atomic E-state index is -0.125. The molecule has 0 amide bonds. The fourth-order valence-corrected chi connectivity index (χ4v) is 1.14. The highest BCUT2D eigenvalue weighted by atomic mass is 32.1. The summed E-state index contributed by atoms with van der Waals surface area (Å²) in [6.07, 6.45) is 2.56. The Kier molecular flexibility index (Phi) is 2.39. The lowest BCUT2D eigenvalue weighted by Crippen LogP contribution is -2.14. The largest absolute Gasteiger partial charge is 0.366 e. The van der Waals surface area contributed by atoms with Crippen LogP contribution in [0.1, 0.15) is 6.92 Å². The molecule has 0 aliphatic heterocycles. The Bertz CT molecular complexity index is 198. The van der Waals surface area contributed by atoms with Gasteiger partial charge in [0.1, 0.15) is 11.3 Å². The standard InChI is InChI=1S/C6H8N2OS/c1-5(4-9)8-6-2-3-7-10-6/h2-5,8H,1H3/t5-/m0/s1. The van der Waals surface area contributed by atoms with E-state index >= 15 is 0 Å². The van der Waals surface area contributed by atoms with Crippen molar-refractivity contribution in [3.8, 4) is 0 Å². The summed E-state index contributed by atoms with van der Waals surface area (Å²) in [6.45, 7) is 1.80. The van der Waals surface area contributed by atoms with Crippen LogP contribution >= 0.6 is 11.5 Å². The van der Waals surface area contributed by atoms with Crippen molar-refractivity contribution in [1.82, 2.24) is 4.37 Å². The van der Waals surface area contributed by atoms with Crippen molar-refractivity contribution >= 4 is 22.8 Å². The van der Waals surface area contributed by atoms with Crippen molar-refractivity contribution in [2.75, 3.05) is 5.32 Å². The average Bonchev–Trinajstić information content (AvgIpc) is 2.40. The van der Waals surface area contributed by atoms with Gasteiger partial charge >= 0.3 is 0 Å². The fraction of sp³-hybridized carbons (Fsp3) is 0.333. The molecule has 0 aliphatic rings. The molecular weight excluding hydrogens is 148 g/mol. The van der Waals surface area contributed by atoms with E-state index in [-0.39, 0.29) is 6.04 Å². The lowest BCUT2D eigenvalue weighted by molar-refractivity contribution is -0.108. The van der Waals surface area contributed by atoms with Crippen LogP contribution in [0.5, 0.6) is 0 Å². The van der Waals surface area contributed by atoms with E-state index in [0.29, 0.717) is 0 Å². The minimum Gasteiger partial charge on any atom is -0.366 e. The van der Waals surface area contributed by atoms with E-state index in [1.165, 1.54) is 11.5 Å². The normalized spacial score (nSPS) is 12.5. The van der Waals surface area contributed by atoms with E-state index in [0.717, 1.165) is 11.3 Å². The van der Waals surface area contributed by atoms with E-state index in [2.05, 4.69) is 9.69 Å². The molecule has 10 heavy (non-hydrogen) atoms. The number of nitrogens with one attached hydrogen (secondary N) is 1. The van der Waals surface area contributed by atoms with Crippen molar-refractivity contribution in [3.05, 3.63) is 12.3 Å². The maximum absolute atomic E-state index is 10.2. The summed E-state index contributed by atoms with van der Waals surface area (Å²) in [6, 6.07) is 1.71. The molecule has 1 aromatic heterocycles. The number of hydrogen-bond donors (Lipinski definition) is 1. The van der Waals surface area contributed by atoms with Crippen LogP contribution in [-0.4, -0.2) is 16.7 Å². The molecule has 1 aromatic rings. The van der Waals surface area contributed by atoms with Crippen LogP contribution < -0.4 is 5.32 Å². The summed E-state index contributed by atoms with van der Waals surface area (Å²) in [7, 11) is 0. The summed E-state index contributed by atoms with van der Waals surface area (Å²) in [5.41, 5.74) is 0. The highest BCUT2D eigenvalue weighted by Crippen LogP contribution is 2.11. The number of nitrogens with zero attached hydrogens (tertiary/aromatic N) is 1. The van der Waals surface area contributed by atoms with Gasteiger partial charge in [0.2, 0.25) is 0 Å². The third-order valence-electron chi connectivity index (χ3n) is 1.01. The van der Waals surface area contributed by atoms with Gasteiger partial charge in [-0.15, -0.1) is 0 Å². The molecule has 0 bridgehead atoms. The highest BCUT2D eigenvalue weighted by Gasteiger charge is 1.98. The molecule has 0 saturated carbocycles. The van der Waals surface area contributed by atoms with Gasteiger partial charge in [0, 0.05) is 6.20 Å². The average molecular weight is 156 g/mol. The van der Waals surface area contributed by atoms with Crippen LogP contribution in [0.25, 0.3) is 0 Å². The molecule has 0 saturated heterocycles. The first-order valence-corrected chi connectivity index (χ1v) is 3.73. The predicted octanol–water partition coefficient (Wildman–Crippen LogP) is 1.14. The topological polar surface area (TPSA) is 42.0 Å². The molecule has 1 rings (SSSR count). The molecule has 54 valence electrons. The van der Waals surface area contributed by atoms with Gasteiger partial charge in [-0.2, -0.15) is 4.37 Å². The smallest absolute Gasteiger partial charge is 0.141 e. The first-order chi connectivity index (χ1) is 4.83. The fourth-order valence-electron chi connectivity index (χ4n) is 0.549. The van der Waals surface area contributed by atoms with Gasteiger partial charge in [0.15, 0.2) is 0 Å². The van der Waals surface area contributed by atoms with E-state index in [9.17, 15) is 4.79 Å². The molecule has 1 heterocycles. The van der Waals surface area contributed by atoms with Crippen molar-refractivity contribution in [2.45, 2.75) is 13.0 Å². The van der Waals surface area contributed by atoms with Crippen molar-refractivity contribution in [1.29, 1.82) is 0 Å². The first-order valence-electron chi connectivity index (χ1n) is 2.95. The van der Waals surface area contributed by atoms with Crippen molar-refractivity contribution < 1.29 is 4.79 Å². The molecule has 0 aromatic carbocycles. The van der Waals surface area contributed by atoms with Crippen LogP contribution in [-0.2, 0) is 4.79 Å². The zero-order valence-electron chi connectivity index (χ0n) is 5.57. The zero-order chi connectivity index (χ0) is 7.40. The molecule has 3 nitrogen and oxygen atoms in total. The number of carbonyl (C=O) groups is 1. The number of hydrogen-bond acceptors (Lipinski definition) is 4. The van der Waals surface area contributed by atoms with Gasteiger partial charge < -0.3 is 10.1 Å². The molecule has 0 spiro atoms. The van der Waals surface area contributed by atoms with Crippen LogP contribution in [0, 0.1) is 0 Å². The van der Waals surface area contributed by atoms with Gasteiger partial charge in [-0.25, -0.2) is 0 Å². The summed E-state index contributed by atoms with van der Waals surface area (Å²) in [5, 5.41) is 3.89. The number of rotatable bonds is 3. The van der Waals surface area contributed by atoms with Crippen LogP contribution in [0.4, 0.5) is 5.00 Å². The zero-order valence-corrected chi connectivity index (χ0v) is 6.39. The Morgan fingerprint density at radius 2 is 2.70 bits per heavy atom. The molecule has 4 heteroatoms. The molecule has 0 unspecified atom stereocenters. The summed E-state index contributed by atoms with van der Waals surface area (Å²) in [5.74, 6) is 0. The third-order valence-corrected chi connectivity index (χ3v) is 1.69. The summed E-state index contributed by atoms with van der Waals surface area (Å²) >= 11 is 1.35. The second-order valence-corrected chi connectivity index (χ2v) is 2.78. The Balaban J connectivity index is 2.47. The molecule has 0 radical (unpaired) electrons. The van der Waals surface area contributed by atoms with E-state index in [4.69, 9.17) is 0 Å². The highest BCUT2D eigenvalue weighted by molar-refractivity contribution is 7.10. The Hall–Kier alpha value is -0.900. The number of anilines is 1. The lowest BCUT2D eigenvalue weighted by Gasteiger charge is -2.02. The molecule has 1 N–H and O–H groups in total. The predicted molar refractivity (Wildman–Crippen MR) is 41.3 cm³/mol. The Labute approximate surface area is 63.2 Å². The van der Waals surface area contributed by atoms with E-state index < -0.39 is 0 Å². The van der Waals surface area contributed by atoms with Gasteiger partial charge in [-0.1, -0.05) is 0 Å². The Morgan fingerprint density at radius 3 is 3.20 bits per heavy atom. The minimum absolute atomic E-state index is 0.125. The lowest BCUT2D eigenvalue weighted by atomic mass is 10.4. The summed E-state index contributed by atoms with van der Waals surface area (Å²) < 4.78 is 3.87. The molecule has 1 atom stereocenters. The van der Waals surface area contributed by atoms with Crippen molar-refractivity contribution in [3.63, 3.8) is 0 Å². The maximum Gasteiger partial charge on any atom is 0.141 e.